The highest BCUT2D eigenvalue weighted by Gasteiger charge is 2.33. The van der Waals surface area contributed by atoms with Crippen molar-refractivity contribution in [2.45, 2.75) is 81.2 Å². The van der Waals surface area contributed by atoms with E-state index in [0.29, 0.717) is 5.92 Å². The maximum atomic E-state index is 13.5. The Hall–Kier alpha value is -1.53. The number of hydrogen-bond acceptors (Lipinski definition) is 5. The van der Waals surface area contributed by atoms with E-state index >= 15 is 0 Å². The molecule has 0 saturated heterocycles. The van der Waals surface area contributed by atoms with Gasteiger partial charge in [-0.15, -0.1) is 23.5 Å². The molecule has 1 aliphatic carbocycles. The van der Waals surface area contributed by atoms with Crippen LogP contribution in [-0.2, 0) is 17.6 Å². The second-order valence-corrected chi connectivity index (χ2v) is 10.3. The minimum atomic E-state index is -0.00499. The number of hydrogen-bond donors (Lipinski definition) is 1. The molecule has 0 saturated carbocycles. The van der Waals surface area contributed by atoms with E-state index < -0.39 is 0 Å². The Kier molecular flexibility index (Phi) is 10.4. The molecule has 0 spiro atoms. The summed E-state index contributed by atoms with van der Waals surface area (Å²) >= 11 is 3.10. The molecule has 0 fully saturated rings. The van der Waals surface area contributed by atoms with Crippen LogP contribution in [0.2, 0.25) is 0 Å². The molecule has 1 N–H and O–H groups in total. The maximum absolute atomic E-state index is 13.5. The van der Waals surface area contributed by atoms with Gasteiger partial charge in [-0.2, -0.15) is 0 Å². The molecule has 0 bridgehead atoms. The molecule has 6 heteroatoms. The number of carbonyl (C=O) groups is 1. The van der Waals surface area contributed by atoms with Crippen molar-refractivity contribution in [3.63, 3.8) is 0 Å². The van der Waals surface area contributed by atoms with Crippen LogP contribution in [0.15, 0.2) is 40.6 Å². The third-order valence-electron chi connectivity index (χ3n) is 6.54. The number of unbranched alkanes of at least 4 members (excludes halogenated alkanes) is 6. The van der Waals surface area contributed by atoms with Crippen molar-refractivity contribution in [2.24, 2.45) is 11.8 Å². The molecule has 174 valence electrons. The Bertz CT molecular complexity index is 852. The number of benzene rings is 1. The van der Waals surface area contributed by atoms with Crippen LogP contribution in [0.3, 0.4) is 0 Å². The molecule has 0 aliphatic heterocycles. The van der Waals surface area contributed by atoms with Gasteiger partial charge < -0.3 is 5.32 Å². The van der Waals surface area contributed by atoms with Gasteiger partial charge in [0, 0.05) is 5.92 Å². The quantitative estimate of drug-likeness (QED) is 0.204. The second kappa shape index (κ2) is 13.2. The molecule has 1 aromatic heterocycles. The van der Waals surface area contributed by atoms with Gasteiger partial charge in [0.2, 0.25) is 5.91 Å². The Balaban J connectivity index is 1.69. The fourth-order valence-corrected chi connectivity index (χ4v) is 5.82. The number of aromatic nitrogens is 2. The molecule has 1 aliphatic rings. The van der Waals surface area contributed by atoms with Gasteiger partial charge in [0.15, 0.2) is 0 Å². The summed E-state index contributed by atoms with van der Waals surface area (Å²) in [5.74, 6) is 0.503. The van der Waals surface area contributed by atoms with Crippen molar-refractivity contribution in [1.29, 1.82) is 0 Å². The highest BCUT2D eigenvalue weighted by atomic mass is 32.2. The van der Waals surface area contributed by atoms with Gasteiger partial charge in [0.1, 0.15) is 22.1 Å². The first-order chi connectivity index (χ1) is 15.7. The van der Waals surface area contributed by atoms with E-state index in [0.717, 1.165) is 35.0 Å². The van der Waals surface area contributed by atoms with Crippen LogP contribution in [0, 0.1) is 11.8 Å². The zero-order valence-corrected chi connectivity index (χ0v) is 21.4. The third-order valence-corrected chi connectivity index (χ3v) is 7.93. The topological polar surface area (TPSA) is 54.9 Å². The highest BCUT2D eigenvalue weighted by molar-refractivity contribution is 7.99. The van der Waals surface area contributed by atoms with E-state index in [9.17, 15) is 4.79 Å². The first-order valence-electron chi connectivity index (χ1n) is 12.0. The number of thioether (sulfide) groups is 2. The molecule has 1 amide bonds. The molecule has 0 radical (unpaired) electrons. The van der Waals surface area contributed by atoms with Crippen LogP contribution >= 0.6 is 23.5 Å². The number of fused-ring (bicyclic) bond motifs is 1. The Morgan fingerprint density at radius 1 is 0.938 bits per heavy atom. The van der Waals surface area contributed by atoms with Gasteiger partial charge in [0.05, 0.1) is 0 Å². The lowest BCUT2D eigenvalue weighted by Crippen LogP contribution is -2.36. The van der Waals surface area contributed by atoms with E-state index in [1.54, 1.807) is 29.9 Å². The number of amides is 1. The van der Waals surface area contributed by atoms with Gasteiger partial charge in [-0.3, -0.25) is 4.79 Å². The zero-order valence-electron chi connectivity index (χ0n) is 19.7. The van der Waals surface area contributed by atoms with Gasteiger partial charge >= 0.3 is 0 Å². The van der Waals surface area contributed by atoms with Gasteiger partial charge in [0.25, 0.3) is 0 Å². The van der Waals surface area contributed by atoms with Gasteiger partial charge in [-0.25, -0.2) is 9.97 Å². The SMILES string of the molecule is CCCCCCCCCC1Cc2ccccc2CC1C(=O)Nc1c(SC)ncnc1SC. The highest BCUT2D eigenvalue weighted by Crippen LogP contribution is 2.36. The summed E-state index contributed by atoms with van der Waals surface area (Å²) in [5.41, 5.74) is 3.51. The zero-order chi connectivity index (χ0) is 22.8. The van der Waals surface area contributed by atoms with Crippen LogP contribution in [0.25, 0.3) is 0 Å². The van der Waals surface area contributed by atoms with Crippen molar-refractivity contribution in [3.05, 3.63) is 41.7 Å². The molecule has 2 unspecified atom stereocenters. The predicted molar refractivity (Wildman–Crippen MR) is 138 cm³/mol. The summed E-state index contributed by atoms with van der Waals surface area (Å²) in [5, 5.41) is 4.89. The summed E-state index contributed by atoms with van der Waals surface area (Å²) in [6.07, 6.45) is 17.6. The molecular weight excluding hydrogens is 434 g/mol. The number of carbonyl (C=O) groups excluding carboxylic acids is 1. The lowest BCUT2D eigenvalue weighted by Gasteiger charge is -2.32. The minimum absolute atomic E-state index is 0.00499. The van der Waals surface area contributed by atoms with E-state index in [-0.39, 0.29) is 11.8 Å². The van der Waals surface area contributed by atoms with Crippen LogP contribution in [0.1, 0.15) is 69.4 Å². The standard InChI is InChI=1S/C26H37N3OS2/c1-4-5-6-7-8-9-10-15-21-16-19-13-11-12-14-20(19)17-22(21)24(30)29-23-25(31-2)27-18-28-26(23)32-3/h11-14,18,21-22H,4-10,15-17H2,1-3H3,(H,29,30). The molecule has 32 heavy (non-hydrogen) atoms. The van der Waals surface area contributed by atoms with Gasteiger partial charge in [-0.05, 0) is 48.8 Å². The summed E-state index contributed by atoms with van der Waals surface area (Å²) < 4.78 is 0. The molecule has 1 heterocycles. The second-order valence-electron chi connectivity index (χ2n) is 8.71. The monoisotopic (exact) mass is 471 g/mol. The van der Waals surface area contributed by atoms with Crippen molar-refractivity contribution in [3.8, 4) is 0 Å². The molecule has 1 aromatic carbocycles. The van der Waals surface area contributed by atoms with Crippen LogP contribution in [-0.4, -0.2) is 28.4 Å². The average molecular weight is 472 g/mol. The number of anilines is 1. The normalized spacial score (nSPS) is 17.7. The molecule has 4 nitrogen and oxygen atoms in total. The van der Waals surface area contributed by atoms with Crippen LogP contribution < -0.4 is 5.32 Å². The first-order valence-corrected chi connectivity index (χ1v) is 14.4. The molecular formula is C26H37N3OS2. The fraction of sp³-hybridized carbons (Fsp3) is 0.577. The average Bonchev–Trinajstić information content (AvgIpc) is 2.83. The van der Waals surface area contributed by atoms with E-state index in [1.807, 2.05) is 12.5 Å². The Labute approximate surface area is 202 Å². The van der Waals surface area contributed by atoms with Crippen molar-refractivity contribution in [2.75, 3.05) is 17.8 Å². The summed E-state index contributed by atoms with van der Waals surface area (Å²) in [6.45, 7) is 2.26. The number of rotatable bonds is 12. The summed E-state index contributed by atoms with van der Waals surface area (Å²) in [4.78, 5) is 22.3. The fourth-order valence-electron chi connectivity index (χ4n) is 4.74. The third kappa shape index (κ3) is 6.74. The molecule has 3 rings (SSSR count). The largest absolute Gasteiger partial charge is 0.321 e. The van der Waals surface area contributed by atoms with E-state index in [2.05, 4.69) is 46.5 Å². The smallest absolute Gasteiger partial charge is 0.228 e. The number of nitrogens with one attached hydrogen (secondary N) is 1. The minimum Gasteiger partial charge on any atom is -0.321 e. The Morgan fingerprint density at radius 2 is 1.53 bits per heavy atom. The lowest BCUT2D eigenvalue weighted by molar-refractivity contribution is -0.121. The van der Waals surface area contributed by atoms with Crippen molar-refractivity contribution >= 4 is 35.1 Å². The van der Waals surface area contributed by atoms with Crippen LogP contribution in [0.4, 0.5) is 5.69 Å². The van der Waals surface area contributed by atoms with Crippen molar-refractivity contribution < 1.29 is 4.79 Å². The molecule has 2 aromatic rings. The number of nitrogens with zero attached hydrogens (tertiary/aromatic N) is 2. The van der Waals surface area contributed by atoms with E-state index in [1.165, 1.54) is 56.1 Å². The van der Waals surface area contributed by atoms with Crippen molar-refractivity contribution in [1.82, 2.24) is 9.97 Å². The summed E-state index contributed by atoms with van der Waals surface area (Å²) in [6, 6.07) is 8.64. The van der Waals surface area contributed by atoms with Gasteiger partial charge in [-0.1, -0.05) is 76.1 Å². The lowest BCUT2D eigenvalue weighted by atomic mass is 9.73. The predicted octanol–water partition coefficient (Wildman–Crippen LogP) is 7.03. The van der Waals surface area contributed by atoms with E-state index in [4.69, 9.17) is 0 Å². The maximum Gasteiger partial charge on any atom is 0.228 e. The Morgan fingerprint density at radius 3 is 2.16 bits per heavy atom. The summed E-state index contributed by atoms with van der Waals surface area (Å²) in [7, 11) is 0. The van der Waals surface area contributed by atoms with Crippen LogP contribution in [0.5, 0.6) is 0 Å². The first kappa shape index (κ1) is 25.1. The molecule has 2 atom stereocenters.